The molecule has 0 spiro atoms. The highest BCUT2D eigenvalue weighted by molar-refractivity contribution is 6.10. The molecule has 37 heavy (non-hydrogen) atoms. The summed E-state index contributed by atoms with van der Waals surface area (Å²) in [7, 11) is 0. The minimum absolute atomic E-state index is 0.122. The van der Waals surface area contributed by atoms with Crippen molar-refractivity contribution in [2.24, 2.45) is 11.0 Å². The molecule has 11 heteroatoms. The third-order valence-electron chi connectivity index (χ3n) is 6.77. The van der Waals surface area contributed by atoms with Crippen molar-refractivity contribution in [1.29, 1.82) is 0 Å². The molecule has 2 N–H and O–H groups in total. The minimum Gasteiger partial charge on any atom is -0.444 e. The molecule has 1 aliphatic carbocycles. The van der Waals surface area contributed by atoms with E-state index in [0.717, 1.165) is 53.1 Å². The fourth-order valence-electron chi connectivity index (χ4n) is 4.56. The summed E-state index contributed by atoms with van der Waals surface area (Å²) in [6, 6.07) is 7.47. The van der Waals surface area contributed by atoms with Crippen LogP contribution in [0, 0.1) is 5.92 Å². The standard InChI is InChI=1S/C26H23F3N6O2/c27-26(28,29)23-21(13-35(34-23)20-6-4-17-11-30-12-18(17)10-20)32-24(36)22-14-37-25(33-22)16-7-8-31-19(9-16)5-3-15-1-2-15/h4,6-10,13-15,21,30H,1-3,5,11-12H2/p+1. The SMILES string of the molecule is O=C(NC1C=[N+](c2ccc3c(c2)CNC3)N=C1C(F)(F)F)c1coc(-c2ccnc(CCC3CC3)c2)n1. The minimum atomic E-state index is -4.73. The molecule has 0 saturated heterocycles. The summed E-state index contributed by atoms with van der Waals surface area (Å²) in [5, 5.41) is 9.35. The molecule has 8 nitrogen and oxygen atoms in total. The van der Waals surface area contributed by atoms with E-state index in [0.29, 0.717) is 17.8 Å². The number of hydrazone groups is 1. The molecule has 0 radical (unpaired) electrons. The molecule has 4 heterocycles. The van der Waals surface area contributed by atoms with Gasteiger partial charge < -0.3 is 15.1 Å². The lowest BCUT2D eigenvalue weighted by atomic mass is 10.1. The quantitative estimate of drug-likeness (QED) is 0.467. The Kier molecular flexibility index (Phi) is 5.86. The van der Waals surface area contributed by atoms with E-state index in [1.54, 1.807) is 24.4 Å². The topological polar surface area (TPSA) is 95.4 Å². The lowest BCUT2D eigenvalue weighted by Gasteiger charge is -2.11. The molecule has 6 rings (SSSR count). The first kappa shape index (κ1) is 23.5. The number of oxazole rings is 1. The molecule has 0 bridgehead atoms. The van der Waals surface area contributed by atoms with Crippen LogP contribution in [0.5, 0.6) is 0 Å². The Balaban J connectivity index is 1.19. The second-order valence-electron chi connectivity index (χ2n) is 9.54. The number of carbonyl (C=O) groups excluding carboxylic acids is 1. The van der Waals surface area contributed by atoms with Crippen molar-refractivity contribution >= 4 is 23.5 Å². The van der Waals surface area contributed by atoms with Gasteiger partial charge >= 0.3 is 6.18 Å². The first-order valence-corrected chi connectivity index (χ1v) is 12.2. The van der Waals surface area contributed by atoms with Gasteiger partial charge in [-0.15, -0.1) is 0 Å². The Morgan fingerprint density at radius 3 is 2.81 bits per heavy atom. The number of fused-ring (bicyclic) bond motifs is 1. The second kappa shape index (κ2) is 9.22. The summed E-state index contributed by atoms with van der Waals surface area (Å²) in [5.41, 5.74) is 2.91. The number of hydrogen-bond acceptors (Lipinski definition) is 6. The number of nitrogens with zero attached hydrogens (tertiary/aromatic N) is 4. The van der Waals surface area contributed by atoms with Crippen molar-refractivity contribution in [3.05, 3.63) is 65.3 Å². The molecule has 1 amide bonds. The Labute approximate surface area is 210 Å². The number of hydrogen-bond donors (Lipinski definition) is 2. The van der Waals surface area contributed by atoms with Crippen molar-refractivity contribution in [2.75, 3.05) is 0 Å². The van der Waals surface area contributed by atoms with Crippen molar-refractivity contribution < 1.29 is 27.1 Å². The maximum Gasteiger partial charge on any atom is 0.437 e. The third kappa shape index (κ3) is 5.04. The van der Waals surface area contributed by atoms with Crippen molar-refractivity contribution in [2.45, 2.75) is 51.0 Å². The van der Waals surface area contributed by atoms with Gasteiger partial charge in [-0.05, 0) is 42.0 Å². The average molecular weight is 510 g/mol. The molecule has 2 aliphatic heterocycles. The maximum atomic E-state index is 13.8. The normalized spacial score (nSPS) is 18.9. The van der Waals surface area contributed by atoms with Crippen LogP contribution in [-0.2, 0) is 19.5 Å². The predicted molar refractivity (Wildman–Crippen MR) is 128 cm³/mol. The van der Waals surface area contributed by atoms with E-state index in [2.05, 4.69) is 25.7 Å². The van der Waals surface area contributed by atoms with Gasteiger partial charge in [-0.3, -0.25) is 9.78 Å². The number of nitrogens with one attached hydrogen (secondary N) is 2. The van der Waals surface area contributed by atoms with Gasteiger partial charge in [0.25, 0.3) is 5.91 Å². The zero-order valence-electron chi connectivity index (χ0n) is 19.8. The zero-order chi connectivity index (χ0) is 25.6. The lowest BCUT2D eigenvalue weighted by molar-refractivity contribution is -0.438. The molecule has 3 aliphatic rings. The Morgan fingerprint density at radius 2 is 2.00 bits per heavy atom. The largest absolute Gasteiger partial charge is 0.444 e. The number of rotatable bonds is 7. The van der Waals surface area contributed by atoms with Gasteiger partial charge in [-0.1, -0.05) is 23.6 Å². The zero-order valence-corrected chi connectivity index (χ0v) is 19.8. The molecule has 3 aromatic rings. The molecule has 190 valence electrons. The third-order valence-corrected chi connectivity index (χ3v) is 6.77. The number of aryl methyl sites for hydroxylation is 1. The number of aromatic nitrogens is 2. The first-order valence-electron chi connectivity index (χ1n) is 12.2. The van der Waals surface area contributed by atoms with Crippen LogP contribution in [0.2, 0.25) is 0 Å². The van der Waals surface area contributed by atoms with Crippen molar-refractivity contribution in [3.63, 3.8) is 0 Å². The van der Waals surface area contributed by atoms with Gasteiger partial charge in [0.15, 0.2) is 11.7 Å². The Bertz CT molecular complexity index is 1420. The number of carbonyl (C=O) groups is 1. The monoisotopic (exact) mass is 509 g/mol. The van der Waals surface area contributed by atoms with Gasteiger partial charge in [0.1, 0.15) is 6.26 Å². The fraction of sp³-hybridized carbons (Fsp3) is 0.346. The summed E-state index contributed by atoms with van der Waals surface area (Å²) < 4.78 is 48.0. The molecular formula is C26H24F3N6O2+. The van der Waals surface area contributed by atoms with Crippen molar-refractivity contribution in [3.8, 4) is 11.5 Å². The number of pyridine rings is 1. The molecule has 2 aromatic heterocycles. The number of amides is 1. The lowest BCUT2D eigenvalue weighted by Crippen LogP contribution is -2.46. The molecule has 1 fully saturated rings. The van der Waals surface area contributed by atoms with Crippen LogP contribution in [0.4, 0.5) is 18.9 Å². The van der Waals surface area contributed by atoms with Gasteiger partial charge in [0, 0.05) is 47.8 Å². The smallest absolute Gasteiger partial charge is 0.437 e. The first-order chi connectivity index (χ1) is 17.8. The van der Waals surface area contributed by atoms with E-state index in [1.165, 1.54) is 19.1 Å². The number of halogens is 3. The molecule has 1 saturated carbocycles. The highest BCUT2D eigenvalue weighted by atomic mass is 19.4. The summed E-state index contributed by atoms with van der Waals surface area (Å²) in [6.07, 6.45) is 3.76. The van der Waals surface area contributed by atoms with Gasteiger partial charge in [-0.2, -0.15) is 13.2 Å². The van der Waals surface area contributed by atoms with Crippen molar-refractivity contribution in [1.82, 2.24) is 20.6 Å². The highest BCUT2D eigenvalue weighted by Crippen LogP contribution is 2.33. The maximum absolute atomic E-state index is 13.8. The van der Waals surface area contributed by atoms with E-state index in [1.807, 2.05) is 12.1 Å². The van der Waals surface area contributed by atoms with E-state index in [9.17, 15) is 18.0 Å². The summed E-state index contributed by atoms with van der Waals surface area (Å²) >= 11 is 0. The molecule has 1 aromatic carbocycles. The number of benzene rings is 1. The molecule has 1 unspecified atom stereocenters. The van der Waals surface area contributed by atoms with E-state index >= 15 is 0 Å². The van der Waals surface area contributed by atoms with Gasteiger partial charge in [-0.25, -0.2) is 4.98 Å². The van der Waals surface area contributed by atoms with Gasteiger partial charge in [0.2, 0.25) is 23.5 Å². The fourth-order valence-corrected chi connectivity index (χ4v) is 4.56. The average Bonchev–Trinajstić information content (AvgIpc) is 3.26. The van der Waals surface area contributed by atoms with E-state index in [-0.39, 0.29) is 11.6 Å². The van der Waals surface area contributed by atoms with Crippen LogP contribution < -0.4 is 10.6 Å². The van der Waals surface area contributed by atoms with E-state index < -0.39 is 23.8 Å². The van der Waals surface area contributed by atoms with Crippen LogP contribution in [0.15, 0.2) is 52.3 Å². The van der Waals surface area contributed by atoms with Crippen LogP contribution in [0.1, 0.15) is 46.6 Å². The summed E-state index contributed by atoms with van der Waals surface area (Å²) in [4.78, 5) is 21.4. The van der Waals surface area contributed by atoms with Crippen LogP contribution in [0.3, 0.4) is 0 Å². The van der Waals surface area contributed by atoms with Gasteiger partial charge in [0.05, 0.1) is 0 Å². The second-order valence-corrected chi connectivity index (χ2v) is 9.54. The molecular weight excluding hydrogens is 485 g/mol. The summed E-state index contributed by atoms with van der Waals surface area (Å²) in [5.74, 6) is 0.181. The van der Waals surface area contributed by atoms with Crippen LogP contribution in [0.25, 0.3) is 11.5 Å². The van der Waals surface area contributed by atoms with Crippen LogP contribution in [-0.4, -0.2) is 44.7 Å². The highest BCUT2D eigenvalue weighted by Gasteiger charge is 2.48. The predicted octanol–water partition coefficient (Wildman–Crippen LogP) is 4.13. The molecule has 1 atom stereocenters. The summed E-state index contributed by atoms with van der Waals surface area (Å²) in [6.45, 7) is 1.36. The van der Waals surface area contributed by atoms with E-state index in [4.69, 9.17) is 4.42 Å². The Morgan fingerprint density at radius 1 is 1.16 bits per heavy atom. The Hall–Kier alpha value is -3.86. The van der Waals surface area contributed by atoms with Crippen LogP contribution >= 0.6 is 0 Å². The number of alkyl halides is 3.